The molecule has 0 spiro atoms. The molecule has 1 saturated heterocycles. The zero-order chi connectivity index (χ0) is 17.1. The van der Waals surface area contributed by atoms with Gasteiger partial charge in [-0.1, -0.05) is 19.4 Å². The Kier molecular flexibility index (Phi) is 5.02. The molecule has 2 heterocycles. The van der Waals surface area contributed by atoms with Crippen LogP contribution in [0.5, 0.6) is 0 Å². The van der Waals surface area contributed by atoms with Crippen molar-refractivity contribution in [3.63, 3.8) is 0 Å². The predicted octanol–water partition coefficient (Wildman–Crippen LogP) is -0.415. The SMILES string of the molecule is CCCC1C(C(=O)O)=CC2CNNC2N1/C(=C\C(=O)O)C(=O)O. The second-order valence-electron chi connectivity index (χ2n) is 5.45. The number of carbonyl (C=O) groups is 3. The molecule has 0 aromatic rings. The van der Waals surface area contributed by atoms with Crippen LogP contribution in [0.15, 0.2) is 23.4 Å². The van der Waals surface area contributed by atoms with Gasteiger partial charge in [0.05, 0.1) is 17.7 Å². The first-order chi connectivity index (χ1) is 10.9. The van der Waals surface area contributed by atoms with Gasteiger partial charge in [-0.25, -0.2) is 19.8 Å². The highest BCUT2D eigenvalue weighted by Gasteiger charge is 2.44. The van der Waals surface area contributed by atoms with Gasteiger partial charge >= 0.3 is 17.9 Å². The number of nitrogens with one attached hydrogen (secondary N) is 2. The number of carboxylic acid groups (broad SMARTS) is 3. The van der Waals surface area contributed by atoms with Gasteiger partial charge in [0.1, 0.15) is 11.9 Å². The number of carboxylic acids is 3. The van der Waals surface area contributed by atoms with Crippen molar-refractivity contribution in [3.8, 4) is 0 Å². The lowest BCUT2D eigenvalue weighted by Gasteiger charge is -2.43. The second-order valence-corrected chi connectivity index (χ2v) is 5.45. The molecule has 9 heteroatoms. The van der Waals surface area contributed by atoms with Crippen LogP contribution in [0.25, 0.3) is 0 Å². The van der Waals surface area contributed by atoms with Crippen molar-refractivity contribution in [2.45, 2.75) is 32.0 Å². The van der Waals surface area contributed by atoms with E-state index in [9.17, 15) is 24.6 Å². The monoisotopic (exact) mass is 325 g/mol. The Hall–Kier alpha value is -2.39. The van der Waals surface area contributed by atoms with Gasteiger partial charge in [0, 0.05) is 12.5 Å². The highest BCUT2D eigenvalue weighted by atomic mass is 16.4. The number of rotatable bonds is 6. The number of hydrazine groups is 1. The molecule has 9 nitrogen and oxygen atoms in total. The summed E-state index contributed by atoms with van der Waals surface area (Å²) in [6, 6.07) is -0.715. The third-order valence-electron chi connectivity index (χ3n) is 3.95. The Morgan fingerprint density at radius 3 is 2.57 bits per heavy atom. The van der Waals surface area contributed by atoms with Crippen LogP contribution in [-0.4, -0.2) is 56.9 Å². The topological polar surface area (TPSA) is 139 Å². The Morgan fingerprint density at radius 2 is 2.04 bits per heavy atom. The molecule has 0 aromatic heterocycles. The first kappa shape index (κ1) is 17.0. The van der Waals surface area contributed by atoms with E-state index in [0.717, 1.165) is 0 Å². The van der Waals surface area contributed by atoms with E-state index in [1.807, 2.05) is 6.92 Å². The van der Waals surface area contributed by atoms with Gasteiger partial charge in [-0.2, -0.15) is 0 Å². The zero-order valence-electron chi connectivity index (χ0n) is 12.5. The Balaban J connectivity index is 2.55. The lowest BCUT2D eigenvalue weighted by atomic mass is 9.88. The molecule has 0 radical (unpaired) electrons. The van der Waals surface area contributed by atoms with E-state index in [4.69, 9.17) is 5.11 Å². The van der Waals surface area contributed by atoms with Crippen molar-refractivity contribution in [3.05, 3.63) is 23.4 Å². The minimum Gasteiger partial charge on any atom is -0.478 e. The minimum atomic E-state index is -1.41. The van der Waals surface area contributed by atoms with Gasteiger partial charge in [-0.15, -0.1) is 0 Å². The van der Waals surface area contributed by atoms with Gasteiger partial charge < -0.3 is 20.2 Å². The Labute approximate surface area is 132 Å². The molecule has 2 aliphatic heterocycles. The van der Waals surface area contributed by atoms with E-state index in [0.29, 0.717) is 25.5 Å². The smallest absolute Gasteiger partial charge is 0.352 e. The van der Waals surface area contributed by atoms with Crippen LogP contribution in [0.3, 0.4) is 0 Å². The highest BCUT2D eigenvalue weighted by molar-refractivity contribution is 5.95. The van der Waals surface area contributed by atoms with Crippen molar-refractivity contribution < 1.29 is 29.7 Å². The molecule has 3 unspecified atom stereocenters. The summed E-state index contributed by atoms with van der Waals surface area (Å²) in [4.78, 5) is 35.5. The van der Waals surface area contributed by atoms with Crippen LogP contribution in [0.4, 0.5) is 0 Å². The van der Waals surface area contributed by atoms with Crippen LogP contribution in [0, 0.1) is 5.92 Å². The van der Waals surface area contributed by atoms with Crippen molar-refractivity contribution in [2.24, 2.45) is 5.92 Å². The normalized spacial score (nSPS) is 27.3. The van der Waals surface area contributed by atoms with Crippen molar-refractivity contribution in [1.29, 1.82) is 0 Å². The maximum Gasteiger partial charge on any atom is 0.352 e. The molecule has 2 aliphatic rings. The average molecular weight is 325 g/mol. The highest BCUT2D eigenvalue weighted by Crippen LogP contribution is 2.33. The largest absolute Gasteiger partial charge is 0.478 e. The zero-order valence-corrected chi connectivity index (χ0v) is 12.5. The third-order valence-corrected chi connectivity index (χ3v) is 3.95. The maximum atomic E-state index is 11.6. The van der Waals surface area contributed by atoms with Crippen molar-refractivity contribution in [2.75, 3.05) is 6.54 Å². The summed E-state index contributed by atoms with van der Waals surface area (Å²) in [7, 11) is 0. The summed E-state index contributed by atoms with van der Waals surface area (Å²) in [5.41, 5.74) is 5.43. The van der Waals surface area contributed by atoms with Gasteiger partial charge in [0.15, 0.2) is 0 Å². The van der Waals surface area contributed by atoms with Gasteiger partial charge in [-0.05, 0) is 6.42 Å². The van der Waals surface area contributed by atoms with E-state index in [1.54, 1.807) is 6.08 Å². The summed E-state index contributed by atoms with van der Waals surface area (Å²) in [5, 5.41) is 27.8. The number of aliphatic carboxylic acids is 3. The van der Waals surface area contributed by atoms with Gasteiger partial charge in [0.25, 0.3) is 0 Å². The molecule has 2 rings (SSSR count). The molecule has 3 atom stereocenters. The van der Waals surface area contributed by atoms with Gasteiger partial charge in [-0.3, -0.25) is 5.43 Å². The van der Waals surface area contributed by atoms with E-state index < -0.39 is 35.8 Å². The van der Waals surface area contributed by atoms with Crippen molar-refractivity contribution in [1.82, 2.24) is 15.8 Å². The summed E-state index contributed by atoms with van der Waals surface area (Å²) >= 11 is 0. The molecule has 0 saturated carbocycles. The number of hydrogen-bond donors (Lipinski definition) is 5. The average Bonchev–Trinajstić information content (AvgIpc) is 2.92. The molecular weight excluding hydrogens is 306 g/mol. The van der Waals surface area contributed by atoms with E-state index in [-0.39, 0.29) is 11.5 Å². The number of hydrogen-bond acceptors (Lipinski definition) is 6. The molecule has 126 valence electrons. The van der Waals surface area contributed by atoms with Crippen molar-refractivity contribution >= 4 is 17.9 Å². The van der Waals surface area contributed by atoms with E-state index in [2.05, 4.69) is 10.9 Å². The Morgan fingerprint density at radius 1 is 1.35 bits per heavy atom. The van der Waals surface area contributed by atoms with Crippen LogP contribution in [0.1, 0.15) is 19.8 Å². The quantitative estimate of drug-likeness (QED) is 0.412. The Bertz CT molecular complexity index is 585. The molecular formula is C14H19N3O6. The van der Waals surface area contributed by atoms with Crippen LogP contribution in [-0.2, 0) is 14.4 Å². The number of fused-ring (bicyclic) bond motifs is 1. The molecule has 0 amide bonds. The lowest BCUT2D eigenvalue weighted by molar-refractivity contribution is -0.138. The van der Waals surface area contributed by atoms with Gasteiger partial charge in [0.2, 0.25) is 0 Å². The summed E-state index contributed by atoms with van der Waals surface area (Å²) in [5.74, 6) is -4.20. The second kappa shape index (κ2) is 6.80. The number of nitrogens with zero attached hydrogens (tertiary/aromatic N) is 1. The van der Waals surface area contributed by atoms with Crippen LogP contribution in [0.2, 0.25) is 0 Å². The fourth-order valence-electron chi connectivity index (χ4n) is 3.07. The summed E-state index contributed by atoms with van der Waals surface area (Å²) < 4.78 is 0. The van der Waals surface area contributed by atoms with Crippen LogP contribution < -0.4 is 10.9 Å². The lowest BCUT2D eigenvalue weighted by Crippen LogP contribution is -2.56. The van der Waals surface area contributed by atoms with E-state index >= 15 is 0 Å². The van der Waals surface area contributed by atoms with Crippen LogP contribution >= 0.6 is 0 Å². The molecule has 1 fully saturated rings. The molecule has 0 aromatic carbocycles. The van der Waals surface area contributed by atoms with E-state index in [1.165, 1.54) is 4.90 Å². The standard InChI is InChI=1S/C14H19N3O6/c1-2-3-9-8(13(20)21)4-7-6-15-16-12(7)17(9)10(14(22)23)5-11(18)19/h4-5,7,9,12,15-16H,2-3,6H2,1H3,(H,18,19)(H,20,21)(H,22,23)/b10-5-. The predicted molar refractivity (Wildman–Crippen MR) is 78.0 cm³/mol. The first-order valence-electron chi connectivity index (χ1n) is 7.26. The summed E-state index contributed by atoms with van der Waals surface area (Å²) in [6.07, 6.45) is 2.73. The third kappa shape index (κ3) is 3.35. The first-order valence-corrected chi connectivity index (χ1v) is 7.26. The fourth-order valence-corrected chi connectivity index (χ4v) is 3.07. The maximum absolute atomic E-state index is 11.6. The fraction of sp³-hybridized carbons (Fsp3) is 0.500. The minimum absolute atomic E-state index is 0.0936. The molecule has 0 bridgehead atoms. The molecule has 23 heavy (non-hydrogen) atoms. The summed E-state index contributed by atoms with van der Waals surface area (Å²) in [6.45, 7) is 2.28. The molecule has 5 N–H and O–H groups in total. The molecule has 0 aliphatic carbocycles.